The third-order valence-electron chi connectivity index (χ3n) is 18.7. The normalized spacial score (nSPS) is 22.2. The molecule has 8 rings (SSSR count). The molecule has 11 atom stereocenters. The summed E-state index contributed by atoms with van der Waals surface area (Å²) in [6, 6.07) is 3.45. The number of carbonyl (C=O) groups is 15. The number of unbranched alkanes of at least 4 members (excludes halogenated alkanes) is 1. The van der Waals surface area contributed by atoms with Crippen molar-refractivity contribution in [3.05, 3.63) is 102 Å². The third-order valence-corrected chi connectivity index (χ3v) is 21.1. The zero-order chi connectivity index (χ0) is 79.6. The Bertz CT molecular complexity index is 4180. The lowest BCUT2D eigenvalue weighted by atomic mass is 9.99. The first kappa shape index (κ1) is 84.3. The topological polar surface area (TPSA) is 582 Å². The molecule has 110 heavy (non-hydrogen) atoms. The van der Waals surface area contributed by atoms with E-state index in [0.29, 0.717) is 47.0 Å². The van der Waals surface area contributed by atoms with E-state index in [-0.39, 0.29) is 95.5 Å². The van der Waals surface area contributed by atoms with Crippen LogP contribution < -0.4 is 75.7 Å². The van der Waals surface area contributed by atoms with Gasteiger partial charge < -0.3 is 106 Å². The van der Waals surface area contributed by atoms with Gasteiger partial charge in [-0.2, -0.15) is 0 Å². The summed E-state index contributed by atoms with van der Waals surface area (Å²) in [6.45, 7) is 0.522. The molecule has 3 fully saturated rings. The maximum absolute atomic E-state index is 15.2. The second-order valence-electron chi connectivity index (χ2n) is 26.9. The predicted molar refractivity (Wildman–Crippen MR) is 403 cm³/mol. The highest BCUT2D eigenvalue weighted by Gasteiger charge is 2.45. The van der Waals surface area contributed by atoms with Gasteiger partial charge in [-0.3, -0.25) is 77.3 Å². The first-order valence-electron chi connectivity index (χ1n) is 36.0. The Hall–Kier alpha value is -11.4. The van der Waals surface area contributed by atoms with E-state index in [0.717, 1.165) is 39.3 Å². The van der Waals surface area contributed by atoms with Crippen LogP contribution in [0.5, 0.6) is 0 Å². The molecule has 22 N–H and O–H groups in total. The second-order valence-corrected chi connectivity index (χ2v) is 29.4. The van der Waals surface area contributed by atoms with Crippen LogP contribution in [0.1, 0.15) is 101 Å². The molecule has 592 valence electrons. The van der Waals surface area contributed by atoms with E-state index < -0.39 is 187 Å². The van der Waals surface area contributed by atoms with Gasteiger partial charge in [-0.05, 0) is 98.7 Å². The van der Waals surface area contributed by atoms with E-state index in [2.05, 4.69) is 73.4 Å². The number of fused-ring (bicyclic) bond motifs is 2. The van der Waals surface area contributed by atoms with Crippen LogP contribution in [0.3, 0.4) is 0 Å². The molecule has 3 aliphatic rings. The Morgan fingerprint density at radius 3 is 1.95 bits per heavy atom. The predicted octanol–water partition coefficient (Wildman–Crippen LogP) is -2.83. The first-order valence-corrected chi connectivity index (χ1v) is 38.5. The standard InChI is InChI=1S/C71H94N20O17S2/c1-38(92)81-53-35-109-110-36-54(69(107)91-26-10-18-56(91)70(108)90-25-9-17-55(90)68(106)85-46(15-6-7-23-72)62(100)86-49(60(73)98)31-59(96)97)82-57(93)34-79-61(99)51(29-42-32-78-45-14-5-4-13-44(42)45)88-63(101)47(16-8-24-77-71(74)75)83-65(103)50(28-39-19-20-40-11-2-3-12-41(40)27-39)87-66(104)52(30-43-33-76-37-80-43)89-64(102)48(84-67(53)105)21-22-58(94)95/h2-5,11-14,19-20,27,32-33,37,46-56,78H,6-10,15-18,21-26,28-31,34-36,72H2,1H3,(H2,73,98)(H,76,80)(H,79,99)(H,81,92)(H,82,93)(H,83,103)(H,84,105)(H,85,106)(H,86,100)(H,87,104)(H,88,101)(H,89,102)(H,94,95)(H,96,97)(H4,74,75,77)/t46-,47-,48?,49-,50?,51-,52-,53?,54-,55-,56-/m0/s1. The van der Waals surface area contributed by atoms with Crippen LogP contribution in [0.15, 0.2) is 85.5 Å². The van der Waals surface area contributed by atoms with Gasteiger partial charge in [0.15, 0.2) is 5.96 Å². The van der Waals surface area contributed by atoms with Crippen LogP contribution >= 0.6 is 21.6 Å². The number of carboxylic acid groups (broad SMARTS) is 2. The number of hydrogen-bond donors (Lipinski definition) is 19. The SMILES string of the molecule is CC(=O)NC1CSSC[C@@H](C(=O)N2CCC[C@H]2C(=O)N2CCC[C@H]2C(=O)N[C@@H](CCCCN)C(=O)N[C@@H](CC(=O)O)C(N)=O)NC(=O)CNC(=O)[C@H](Cc2c[nH]c3ccccc23)NC(=O)[C@H](CCCNC(=N)N)NC(=O)C(Cc2ccc3ccccc3c2)NC(=O)[C@H](Cc2cnc[nH]2)NC(=O)C(CCC(=O)O)NC1=O. The molecule has 39 heteroatoms. The number of aromatic nitrogens is 3. The molecule has 0 spiro atoms. The van der Waals surface area contributed by atoms with Crippen LogP contribution in [-0.4, -0.2) is 240 Å². The number of primary amides is 1. The van der Waals surface area contributed by atoms with Gasteiger partial charge >= 0.3 is 11.9 Å². The summed E-state index contributed by atoms with van der Waals surface area (Å²) in [5.74, 6) is -15.6. The number of para-hydroxylation sites is 1. The number of nitrogens with two attached hydrogens (primary N) is 3. The number of guanidine groups is 1. The number of H-pyrrole nitrogens is 2. The fourth-order valence-corrected chi connectivity index (χ4v) is 15.4. The fraction of sp³-hybridized carbons (Fsp3) is 0.479. The maximum atomic E-state index is 15.2. The maximum Gasteiger partial charge on any atom is 0.305 e. The molecule has 3 aromatic carbocycles. The summed E-state index contributed by atoms with van der Waals surface area (Å²) < 4.78 is 0. The average Bonchev–Trinajstić information content (AvgIpc) is 1.61. The van der Waals surface area contributed by atoms with Gasteiger partial charge in [0.25, 0.3) is 0 Å². The van der Waals surface area contributed by atoms with E-state index in [1.54, 1.807) is 54.7 Å². The molecule has 5 heterocycles. The van der Waals surface area contributed by atoms with Crippen molar-refractivity contribution in [3.63, 3.8) is 0 Å². The minimum atomic E-state index is -1.71. The molecule has 37 nitrogen and oxygen atoms in total. The lowest BCUT2D eigenvalue weighted by Gasteiger charge is -2.33. The monoisotopic (exact) mass is 1560 g/mol. The van der Waals surface area contributed by atoms with E-state index >= 15 is 19.2 Å². The van der Waals surface area contributed by atoms with Gasteiger partial charge in [0.05, 0.1) is 19.3 Å². The average molecular weight is 1560 g/mol. The van der Waals surface area contributed by atoms with E-state index in [1.807, 2.05) is 18.2 Å². The van der Waals surface area contributed by atoms with Gasteiger partial charge in [0, 0.05) is 92.7 Å². The lowest BCUT2D eigenvalue weighted by Crippen LogP contribution is -2.61. The molecule has 3 unspecified atom stereocenters. The third kappa shape index (κ3) is 24.8. The van der Waals surface area contributed by atoms with Crippen molar-refractivity contribution in [2.24, 2.45) is 17.2 Å². The zero-order valence-corrected chi connectivity index (χ0v) is 62.0. The molecule has 0 bridgehead atoms. The number of rotatable bonds is 27. The number of aromatic amines is 2. The van der Waals surface area contributed by atoms with Crippen LogP contribution in [0.25, 0.3) is 21.7 Å². The Balaban J connectivity index is 1.13. The molecule has 3 saturated heterocycles. The van der Waals surface area contributed by atoms with Crippen LogP contribution in [-0.2, 0) is 91.2 Å². The van der Waals surface area contributed by atoms with Gasteiger partial charge in [0.2, 0.25) is 76.8 Å². The number of likely N-dealkylation sites (tertiary alicyclic amines) is 2. The summed E-state index contributed by atoms with van der Waals surface area (Å²) in [7, 11) is 1.84. The van der Waals surface area contributed by atoms with E-state index in [9.17, 15) is 63.0 Å². The molecule has 0 aliphatic carbocycles. The molecule has 0 radical (unpaired) electrons. The summed E-state index contributed by atoms with van der Waals surface area (Å²) in [4.78, 5) is 223. The number of imidazole rings is 1. The quantitative estimate of drug-likeness (QED) is 0.0109. The second kappa shape index (κ2) is 41.3. The summed E-state index contributed by atoms with van der Waals surface area (Å²) in [5.41, 5.74) is 18.8. The van der Waals surface area contributed by atoms with Crippen molar-refractivity contribution in [1.29, 1.82) is 5.41 Å². The van der Waals surface area contributed by atoms with Gasteiger partial charge in [-0.25, -0.2) is 4.98 Å². The number of carbonyl (C=O) groups excluding carboxylic acids is 13. The molecule has 3 aliphatic heterocycles. The highest BCUT2D eigenvalue weighted by molar-refractivity contribution is 8.76. The number of nitrogens with zero attached hydrogens (tertiary/aromatic N) is 3. The van der Waals surface area contributed by atoms with Crippen LogP contribution in [0, 0.1) is 5.41 Å². The number of nitrogens with one attached hydrogen (secondary N) is 14. The Morgan fingerprint density at radius 2 is 1.28 bits per heavy atom. The summed E-state index contributed by atoms with van der Waals surface area (Å²) >= 11 is 0. The largest absolute Gasteiger partial charge is 0.481 e. The summed E-state index contributed by atoms with van der Waals surface area (Å²) in [5, 5.41) is 58.1. The van der Waals surface area contributed by atoms with Gasteiger partial charge in [-0.15, -0.1) is 0 Å². The first-order chi connectivity index (χ1) is 52.7. The Kier molecular flexibility index (Phi) is 31.6. The minimum Gasteiger partial charge on any atom is -0.481 e. The number of benzene rings is 3. The van der Waals surface area contributed by atoms with Crippen LogP contribution in [0.4, 0.5) is 0 Å². The minimum absolute atomic E-state index is 0.000654. The molecule has 0 saturated carbocycles. The van der Waals surface area contributed by atoms with E-state index in [1.165, 1.54) is 22.3 Å². The highest BCUT2D eigenvalue weighted by Crippen LogP contribution is 2.29. The number of carboxylic acids is 2. The van der Waals surface area contributed by atoms with Crippen LogP contribution in [0.2, 0.25) is 0 Å². The van der Waals surface area contributed by atoms with Crippen molar-refractivity contribution >= 4 is 138 Å². The zero-order valence-electron chi connectivity index (χ0n) is 60.4. The fourth-order valence-electron chi connectivity index (χ4n) is 13.1. The molecular formula is C71H94N20O17S2. The van der Waals surface area contributed by atoms with Crippen molar-refractivity contribution < 1.29 is 82.1 Å². The van der Waals surface area contributed by atoms with Crippen molar-refractivity contribution in [1.82, 2.24) is 83.2 Å². The number of hydrogen-bond acceptors (Lipinski definition) is 20. The van der Waals surface area contributed by atoms with Crippen molar-refractivity contribution in [2.45, 2.75) is 170 Å². The number of aliphatic carboxylic acids is 2. The molecule has 5 aromatic rings. The Labute approximate surface area is 639 Å². The van der Waals surface area contributed by atoms with Gasteiger partial charge in [-0.1, -0.05) is 82.3 Å². The van der Waals surface area contributed by atoms with Crippen molar-refractivity contribution in [3.8, 4) is 0 Å². The van der Waals surface area contributed by atoms with Gasteiger partial charge in [0.1, 0.15) is 66.5 Å². The number of amides is 13. The van der Waals surface area contributed by atoms with Crippen molar-refractivity contribution in [2.75, 3.05) is 44.2 Å². The smallest absolute Gasteiger partial charge is 0.305 e. The lowest BCUT2D eigenvalue weighted by molar-refractivity contribution is -0.148. The highest BCUT2D eigenvalue weighted by atomic mass is 33.1. The molecule has 13 amide bonds. The molecule has 2 aromatic heterocycles. The van der Waals surface area contributed by atoms with E-state index in [4.69, 9.17) is 22.6 Å². The Morgan fingerprint density at radius 1 is 0.655 bits per heavy atom. The summed E-state index contributed by atoms with van der Waals surface area (Å²) in [6.07, 6.45) is 2.85. The molecular weight excluding hydrogens is 1470 g/mol.